The molecule has 2 aliphatic rings. The van der Waals surface area contributed by atoms with Crippen LogP contribution in [-0.4, -0.2) is 59.4 Å². The second kappa shape index (κ2) is 11.3. The molecule has 4 heterocycles. The summed E-state index contributed by atoms with van der Waals surface area (Å²) in [5.41, 5.74) is 4.60. The molecule has 1 N–H and O–H groups in total. The first kappa shape index (κ1) is 29.2. The fraction of sp³-hybridized carbons (Fsp3) is 0.438. The number of nitrogens with zero attached hydrogens (tertiary/aromatic N) is 4. The Hall–Kier alpha value is -3.85. The van der Waals surface area contributed by atoms with Gasteiger partial charge in [0.1, 0.15) is 29.1 Å². The van der Waals surface area contributed by atoms with Crippen molar-refractivity contribution in [1.82, 2.24) is 14.9 Å². The van der Waals surface area contributed by atoms with Crippen LogP contribution in [-0.2, 0) is 22.5 Å². The van der Waals surface area contributed by atoms with Crippen molar-refractivity contribution in [3.05, 3.63) is 46.4 Å². The third kappa shape index (κ3) is 5.51. The zero-order valence-electron chi connectivity index (χ0n) is 25.0. The summed E-state index contributed by atoms with van der Waals surface area (Å²) in [7, 11) is 2.10. The van der Waals surface area contributed by atoms with E-state index in [-0.39, 0.29) is 15.3 Å². The first-order valence-corrected chi connectivity index (χ1v) is 15.2. The number of fused-ring (bicyclic) bond motifs is 4. The van der Waals surface area contributed by atoms with E-state index in [1.807, 2.05) is 13.1 Å². The second-order valence-corrected chi connectivity index (χ2v) is 13.1. The number of nitrogens with one attached hydrogen (secondary N) is 1. The molecule has 43 heavy (non-hydrogen) atoms. The Morgan fingerprint density at radius 3 is 2.86 bits per heavy atom. The number of likely N-dealkylation sites (N-methyl/N-ethyl adjacent to an activating group) is 1. The molecule has 1 amide bonds. The van der Waals surface area contributed by atoms with Crippen molar-refractivity contribution in [1.29, 1.82) is 5.26 Å². The van der Waals surface area contributed by atoms with Crippen molar-refractivity contribution in [3.8, 4) is 23.2 Å². The summed E-state index contributed by atoms with van der Waals surface area (Å²) < 4.78 is 33.0. The molecule has 9 nitrogen and oxygen atoms in total. The summed E-state index contributed by atoms with van der Waals surface area (Å²) in [6.07, 6.45) is 4.01. The van der Waals surface area contributed by atoms with E-state index in [2.05, 4.69) is 28.3 Å². The minimum Gasteiger partial charge on any atom is -0.462 e. The zero-order chi connectivity index (χ0) is 30.5. The van der Waals surface area contributed by atoms with Gasteiger partial charge < -0.3 is 19.1 Å². The molecule has 6 rings (SSSR count). The molecule has 224 valence electrons. The number of ether oxygens (including phenoxy) is 3. The van der Waals surface area contributed by atoms with Gasteiger partial charge in [0.05, 0.1) is 29.0 Å². The number of benzene rings is 2. The summed E-state index contributed by atoms with van der Waals surface area (Å²) in [6, 6.07) is 5.95. The van der Waals surface area contributed by atoms with Crippen LogP contribution in [0.15, 0.2) is 18.3 Å². The molecule has 1 saturated heterocycles. The number of rotatable bonds is 5. The third-order valence-corrected chi connectivity index (χ3v) is 9.21. The van der Waals surface area contributed by atoms with Crippen LogP contribution < -0.4 is 10.1 Å². The number of aromatic nitrogens is 2. The average Bonchev–Trinajstić information content (AvgIpc) is 3.55. The van der Waals surface area contributed by atoms with Gasteiger partial charge in [-0.25, -0.2) is 14.2 Å². The van der Waals surface area contributed by atoms with Gasteiger partial charge >= 0.3 is 12.1 Å². The third-order valence-electron chi connectivity index (χ3n) is 8.09. The van der Waals surface area contributed by atoms with Crippen molar-refractivity contribution in [3.63, 3.8) is 0 Å². The Labute approximate surface area is 253 Å². The molecule has 0 bridgehead atoms. The highest BCUT2D eigenvalue weighted by Gasteiger charge is 2.28. The predicted molar refractivity (Wildman–Crippen MR) is 164 cm³/mol. The lowest BCUT2D eigenvalue weighted by Gasteiger charge is -2.25. The highest BCUT2D eigenvalue weighted by atomic mass is 32.1. The largest absolute Gasteiger partial charge is 0.462 e. The molecule has 0 radical (unpaired) electrons. The standard InChI is InChI=1S/C32H34FN5O4S/c1-17-25(20-8-9-24(33)28-26(20)21(13-34)29(43-28)37-31(39)42-32(2,3)4)23-16-40-12-10-19(23)22-14-35-30(36-27(17)22)41-15-18-7-6-11-38(18)5/h8-9,14,18H,6-7,10-12,15-16H2,1-5H3,(H,37,39)/t18-/m0/s1. The molecule has 4 aromatic rings. The SMILES string of the molecule is Cc1c(-c2ccc(F)c3sc(NC(=O)OC(C)(C)C)c(C#N)c23)c2c(c3cnc(OC[C@@H]4CCCN4C)nc13)CCOC2. The van der Waals surface area contributed by atoms with E-state index in [1.54, 1.807) is 26.8 Å². The second-order valence-electron chi connectivity index (χ2n) is 12.1. The average molecular weight is 604 g/mol. The van der Waals surface area contributed by atoms with Gasteiger partial charge in [0.2, 0.25) is 0 Å². The fourth-order valence-electron chi connectivity index (χ4n) is 6.09. The van der Waals surface area contributed by atoms with Crippen molar-refractivity contribution in [2.24, 2.45) is 0 Å². The van der Waals surface area contributed by atoms with Gasteiger partial charge in [-0.1, -0.05) is 6.07 Å². The Morgan fingerprint density at radius 2 is 2.14 bits per heavy atom. The van der Waals surface area contributed by atoms with Gasteiger partial charge in [0.25, 0.3) is 0 Å². The molecule has 2 aromatic carbocycles. The number of hydrogen-bond donors (Lipinski definition) is 1. The van der Waals surface area contributed by atoms with Crippen molar-refractivity contribution in [2.45, 2.75) is 65.2 Å². The van der Waals surface area contributed by atoms with Gasteiger partial charge in [-0.2, -0.15) is 10.2 Å². The van der Waals surface area contributed by atoms with Crippen LogP contribution in [0.25, 0.3) is 32.1 Å². The number of aryl methyl sites for hydroxylation is 1. The maximum atomic E-state index is 15.3. The minimum atomic E-state index is -0.733. The smallest absolute Gasteiger partial charge is 0.412 e. The lowest BCUT2D eigenvalue weighted by molar-refractivity contribution is 0.0636. The van der Waals surface area contributed by atoms with E-state index in [4.69, 9.17) is 19.2 Å². The number of likely N-dealkylation sites (tertiary alicyclic amines) is 1. The number of hydrogen-bond acceptors (Lipinski definition) is 9. The summed E-state index contributed by atoms with van der Waals surface area (Å²) in [6.45, 7) is 9.71. The molecule has 0 unspecified atom stereocenters. The summed E-state index contributed by atoms with van der Waals surface area (Å²) >= 11 is 1.02. The maximum Gasteiger partial charge on any atom is 0.412 e. The van der Waals surface area contributed by atoms with Gasteiger partial charge in [0, 0.05) is 23.0 Å². The molecule has 1 atom stereocenters. The molecule has 0 aliphatic carbocycles. The van der Waals surface area contributed by atoms with Crippen LogP contribution in [0.1, 0.15) is 55.9 Å². The molecular weight excluding hydrogens is 569 g/mol. The fourth-order valence-corrected chi connectivity index (χ4v) is 7.16. The number of nitriles is 1. The number of amides is 1. The minimum absolute atomic E-state index is 0.178. The first-order valence-electron chi connectivity index (χ1n) is 14.4. The Bertz CT molecular complexity index is 1790. The Morgan fingerprint density at radius 1 is 1.33 bits per heavy atom. The van der Waals surface area contributed by atoms with Gasteiger partial charge in [-0.3, -0.25) is 5.32 Å². The van der Waals surface area contributed by atoms with Crippen LogP contribution >= 0.6 is 11.3 Å². The molecule has 11 heteroatoms. The Balaban J connectivity index is 1.50. The normalized spacial score (nSPS) is 17.2. The molecule has 1 fully saturated rings. The van der Waals surface area contributed by atoms with Crippen LogP contribution in [0.2, 0.25) is 0 Å². The van der Waals surface area contributed by atoms with Crippen LogP contribution in [0.3, 0.4) is 0 Å². The zero-order valence-corrected chi connectivity index (χ0v) is 25.8. The number of anilines is 1. The van der Waals surface area contributed by atoms with E-state index in [0.717, 1.165) is 63.9 Å². The van der Waals surface area contributed by atoms with Gasteiger partial charge in [0.15, 0.2) is 0 Å². The predicted octanol–water partition coefficient (Wildman–Crippen LogP) is 6.72. The van der Waals surface area contributed by atoms with E-state index < -0.39 is 17.5 Å². The molecule has 2 aliphatic heterocycles. The topological polar surface area (TPSA) is 110 Å². The summed E-state index contributed by atoms with van der Waals surface area (Å²) in [5, 5.41) is 14.5. The van der Waals surface area contributed by atoms with Crippen molar-refractivity contribution < 1.29 is 23.4 Å². The first-order chi connectivity index (χ1) is 20.6. The van der Waals surface area contributed by atoms with E-state index >= 15 is 4.39 Å². The number of halogens is 1. The van der Waals surface area contributed by atoms with E-state index in [9.17, 15) is 10.1 Å². The monoisotopic (exact) mass is 603 g/mol. The van der Waals surface area contributed by atoms with E-state index in [1.165, 1.54) is 6.07 Å². The molecule has 2 aromatic heterocycles. The van der Waals surface area contributed by atoms with Crippen LogP contribution in [0.4, 0.5) is 14.2 Å². The summed E-state index contributed by atoms with van der Waals surface area (Å²) in [5.74, 6) is -0.476. The quantitative estimate of drug-likeness (QED) is 0.268. The van der Waals surface area contributed by atoms with Crippen LogP contribution in [0, 0.1) is 24.1 Å². The number of carbonyl (C=O) groups is 1. The Kier molecular flexibility index (Phi) is 7.71. The lowest BCUT2D eigenvalue weighted by Crippen LogP contribution is -2.30. The lowest BCUT2D eigenvalue weighted by atomic mass is 9.85. The summed E-state index contributed by atoms with van der Waals surface area (Å²) in [4.78, 5) is 24.3. The number of thiophene rings is 1. The number of carbonyl (C=O) groups excluding carboxylic acids is 1. The highest BCUT2D eigenvalue weighted by molar-refractivity contribution is 7.23. The van der Waals surface area contributed by atoms with Crippen molar-refractivity contribution in [2.75, 3.05) is 32.1 Å². The van der Waals surface area contributed by atoms with Crippen molar-refractivity contribution >= 4 is 43.4 Å². The molecule has 0 spiro atoms. The molecule has 0 saturated carbocycles. The maximum absolute atomic E-state index is 15.3. The molecular formula is C32H34FN5O4S. The van der Waals surface area contributed by atoms with Gasteiger partial charge in [-0.05, 0) is 94.4 Å². The highest BCUT2D eigenvalue weighted by Crippen LogP contribution is 2.46. The van der Waals surface area contributed by atoms with Crippen LogP contribution in [0.5, 0.6) is 6.01 Å². The van der Waals surface area contributed by atoms with E-state index in [0.29, 0.717) is 49.2 Å². The van der Waals surface area contributed by atoms with Gasteiger partial charge in [-0.15, -0.1) is 11.3 Å².